The highest BCUT2D eigenvalue weighted by molar-refractivity contribution is 7.17. The molecule has 1 aliphatic rings. The fourth-order valence-electron chi connectivity index (χ4n) is 3.73. The van der Waals surface area contributed by atoms with Crippen LogP contribution in [0.4, 0.5) is 0 Å². The fourth-order valence-corrected chi connectivity index (χ4v) is 4.73. The van der Waals surface area contributed by atoms with E-state index in [0.717, 1.165) is 66.6 Å². The monoisotopic (exact) mass is 395 g/mol. The highest BCUT2D eigenvalue weighted by atomic mass is 32.1. The van der Waals surface area contributed by atoms with Crippen LogP contribution in [0.25, 0.3) is 10.7 Å². The van der Waals surface area contributed by atoms with Crippen LogP contribution in [0.5, 0.6) is 0 Å². The minimum atomic E-state index is -0.00454. The maximum atomic E-state index is 13.5. The molecular formula is C22H25N3O2S. The third kappa shape index (κ3) is 3.74. The first-order chi connectivity index (χ1) is 13.7. The van der Waals surface area contributed by atoms with E-state index in [9.17, 15) is 4.79 Å². The van der Waals surface area contributed by atoms with E-state index in [2.05, 4.69) is 16.9 Å². The maximum absolute atomic E-state index is 13.5. The number of pyridine rings is 1. The lowest BCUT2D eigenvalue weighted by atomic mass is 10.1. The average molecular weight is 396 g/mol. The first-order valence-electron chi connectivity index (χ1n) is 9.95. The number of carbonyl (C=O) groups excluding carboxylic acids is 1. The zero-order valence-electron chi connectivity index (χ0n) is 16.4. The number of thiazole rings is 1. The lowest BCUT2D eigenvalue weighted by molar-refractivity contribution is 0.0661. The van der Waals surface area contributed by atoms with Crippen molar-refractivity contribution in [1.82, 2.24) is 14.9 Å². The van der Waals surface area contributed by atoms with E-state index in [-0.39, 0.29) is 11.9 Å². The molecule has 0 saturated carbocycles. The second-order valence-corrected chi connectivity index (χ2v) is 8.17. The summed E-state index contributed by atoms with van der Waals surface area (Å²) in [4.78, 5) is 25.2. The van der Waals surface area contributed by atoms with Crippen molar-refractivity contribution in [2.24, 2.45) is 0 Å². The number of aryl methyl sites for hydroxylation is 2. The SMILES string of the molecule is CCc1ccc([C@H]2CCCCCN2C(=O)c2sc(-c3ccccn3)nc2C)o1. The molecule has 0 radical (unpaired) electrons. The van der Waals surface area contributed by atoms with E-state index in [4.69, 9.17) is 4.42 Å². The minimum Gasteiger partial charge on any atom is -0.464 e. The molecule has 1 atom stereocenters. The standard InChI is InChI=1S/C22H25N3O2S/c1-3-16-11-12-19(27-16)18-10-5-4-8-14-25(18)22(26)20-15(2)24-21(28-20)17-9-6-7-13-23-17/h6-7,9,11-13,18H,3-5,8,10,14H2,1-2H3/t18-/m1/s1. The molecular weight excluding hydrogens is 370 g/mol. The number of hydrogen-bond donors (Lipinski definition) is 0. The number of hydrogen-bond acceptors (Lipinski definition) is 5. The number of likely N-dealkylation sites (tertiary alicyclic amines) is 1. The van der Waals surface area contributed by atoms with Gasteiger partial charge in [0, 0.05) is 19.2 Å². The highest BCUT2D eigenvalue weighted by Crippen LogP contribution is 2.35. The average Bonchev–Trinajstić information content (AvgIpc) is 3.28. The lowest BCUT2D eigenvalue weighted by Crippen LogP contribution is -2.34. The largest absolute Gasteiger partial charge is 0.464 e. The summed E-state index contributed by atoms with van der Waals surface area (Å²) in [6.45, 7) is 4.74. The van der Waals surface area contributed by atoms with Gasteiger partial charge in [-0.1, -0.05) is 25.8 Å². The van der Waals surface area contributed by atoms with Crippen LogP contribution in [-0.4, -0.2) is 27.3 Å². The first kappa shape index (κ1) is 18.9. The van der Waals surface area contributed by atoms with Gasteiger partial charge in [0.25, 0.3) is 5.91 Å². The van der Waals surface area contributed by atoms with Gasteiger partial charge in [0.15, 0.2) is 0 Å². The molecule has 0 aliphatic carbocycles. The van der Waals surface area contributed by atoms with E-state index in [0.29, 0.717) is 4.88 Å². The summed E-state index contributed by atoms with van der Waals surface area (Å²) in [5.41, 5.74) is 1.58. The molecule has 3 aromatic rings. The smallest absolute Gasteiger partial charge is 0.266 e. The molecule has 0 N–H and O–H groups in total. The van der Waals surface area contributed by atoms with Gasteiger partial charge >= 0.3 is 0 Å². The van der Waals surface area contributed by atoms with Crippen LogP contribution >= 0.6 is 11.3 Å². The molecule has 28 heavy (non-hydrogen) atoms. The second kappa shape index (κ2) is 8.27. The van der Waals surface area contributed by atoms with E-state index in [1.165, 1.54) is 11.3 Å². The van der Waals surface area contributed by atoms with Gasteiger partial charge < -0.3 is 9.32 Å². The molecule has 0 aromatic carbocycles. The molecule has 4 heterocycles. The zero-order valence-corrected chi connectivity index (χ0v) is 17.2. The summed E-state index contributed by atoms with van der Waals surface area (Å²) < 4.78 is 6.03. The Kier molecular flexibility index (Phi) is 5.57. The maximum Gasteiger partial charge on any atom is 0.266 e. The molecule has 0 bridgehead atoms. The Labute approximate surface area is 169 Å². The number of nitrogens with zero attached hydrogens (tertiary/aromatic N) is 3. The molecule has 4 rings (SSSR count). The molecule has 6 heteroatoms. The van der Waals surface area contributed by atoms with Crippen molar-refractivity contribution in [3.63, 3.8) is 0 Å². The molecule has 3 aromatic heterocycles. The highest BCUT2D eigenvalue weighted by Gasteiger charge is 2.31. The fraction of sp³-hybridized carbons (Fsp3) is 0.409. The van der Waals surface area contributed by atoms with Crippen molar-refractivity contribution in [2.75, 3.05) is 6.54 Å². The predicted octanol–water partition coefficient (Wildman–Crippen LogP) is 5.43. The summed E-state index contributed by atoms with van der Waals surface area (Å²) in [6, 6.07) is 9.80. The molecule has 1 aliphatic heterocycles. The normalized spacial score (nSPS) is 17.5. The Balaban J connectivity index is 1.65. The number of furan rings is 1. The van der Waals surface area contributed by atoms with Crippen molar-refractivity contribution in [1.29, 1.82) is 0 Å². The molecule has 1 saturated heterocycles. The summed E-state index contributed by atoms with van der Waals surface area (Å²) in [5.74, 6) is 1.93. The Morgan fingerprint density at radius 3 is 2.89 bits per heavy atom. The van der Waals surface area contributed by atoms with Gasteiger partial charge in [0.2, 0.25) is 0 Å². The van der Waals surface area contributed by atoms with E-state index in [1.54, 1.807) is 6.20 Å². The molecule has 0 unspecified atom stereocenters. The third-order valence-electron chi connectivity index (χ3n) is 5.25. The summed E-state index contributed by atoms with van der Waals surface area (Å²) in [7, 11) is 0. The summed E-state index contributed by atoms with van der Waals surface area (Å²) in [6.07, 6.45) is 6.82. The van der Waals surface area contributed by atoms with Crippen LogP contribution in [0.3, 0.4) is 0 Å². The van der Waals surface area contributed by atoms with Gasteiger partial charge in [0.05, 0.1) is 17.4 Å². The Morgan fingerprint density at radius 1 is 1.25 bits per heavy atom. The summed E-state index contributed by atoms with van der Waals surface area (Å²) >= 11 is 1.43. The van der Waals surface area contributed by atoms with Gasteiger partial charge in [-0.3, -0.25) is 9.78 Å². The number of aromatic nitrogens is 2. The van der Waals surface area contributed by atoms with Gasteiger partial charge in [-0.25, -0.2) is 4.98 Å². The molecule has 146 valence electrons. The molecule has 1 fully saturated rings. The first-order valence-corrected chi connectivity index (χ1v) is 10.8. The van der Waals surface area contributed by atoms with Gasteiger partial charge in [-0.05, 0) is 44.0 Å². The van der Waals surface area contributed by atoms with Crippen molar-refractivity contribution in [3.05, 3.63) is 58.6 Å². The Morgan fingerprint density at radius 2 is 2.14 bits per heavy atom. The van der Waals surface area contributed by atoms with E-state index < -0.39 is 0 Å². The zero-order chi connectivity index (χ0) is 19.5. The van der Waals surface area contributed by atoms with Crippen molar-refractivity contribution >= 4 is 17.2 Å². The number of rotatable bonds is 4. The van der Waals surface area contributed by atoms with E-state index in [1.807, 2.05) is 42.2 Å². The van der Waals surface area contributed by atoms with Crippen LogP contribution < -0.4 is 0 Å². The molecule has 0 spiro atoms. The quantitative estimate of drug-likeness (QED) is 0.591. The molecule has 1 amide bonds. The topological polar surface area (TPSA) is 59.2 Å². The van der Waals surface area contributed by atoms with Crippen LogP contribution in [0.15, 0.2) is 40.9 Å². The van der Waals surface area contributed by atoms with Crippen molar-refractivity contribution < 1.29 is 9.21 Å². The Hall–Kier alpha value is -2.47. The second-order valence-electron chi connectivity index (χ2n) is 7.17. The van der Waals surface area contributed by atoms with E-state index >= 15 is 0 Å². The predicted molar refractivity (Wildman–Crippen MR) is 110 cm³/mol. The van der Waals surface area contributed by atoms with Crippen LogP contribution in [0.2, 0.25) is 0 Å². The minimum absolute atomic E-state index is 0.00454. The van der Waals surface area contributed by atoms with Crippen molar-refractivity contribution in [2.45, 2.75) is 52.0 Å². The summed E-state index contributed by atoms with van der Waals surface area (Å²) in [5, 5.41) is 0.791. The van der Waals surface area contributed by atoms with Crippen molar-refractivity contribution in [3.8, 4) is 10.7 Å². The molecule has 5 nitrogen and oxygen atoms in total. The number of carbonyl (C=O) groups is 1. The Bertz CT molecular complexity index is 948. The van der Waals surface area contributed by atoms with Gasteiger partial charge in [-0.2, -0.15) is 0 Å². The van der Waals surface area contributed by atoms with Gasteiger partial charge in [0.1, 0.15) is 21.4 Å². The third-order valence-corrected chi connectivity index (χ3v) is 6.42. The van der Waals surface area contributed by atoms with Gasteiger partial charge in [-0.15, -0.1) is 11.3 Å². The van der Waals surface area contributed by atoms with Crippen LogP contribution in [-0.2, 0) is 6.42 Å². The van der Waals surface area contributed by atoms with Crippen LogP contribution in [0.1, 0.15) is 65.5 Å². The number of amides is 1. The lowest BCUT2D eigenvalue weighted by Gasteiger charge is -2.28. The van der Waals surface area contributed by atoms with Crippen LogP contribution in [0, 0.1) is 6.92 Å².